The summed E-state index contributed by atoms with van der Waals surface area (Å²) in [6.07, 6.45) is 12.0. The third-order valence-corrected chi connectivity index (χ3v) is 4.49. The van der Waals surface area contributed by atoms with Gasteiger partial charge in [0.25, 0.3) is 0 Å². The van der Waals surface area contributed by atoms with E-state index in [2.05, 4.69) is 26.8 Å². The van der Waals surface area contributed by atoms with Gasteiger partial charge in [-0.25, -0.2) is 0 Å². The average Bonchev–Trinajstić information content (AvgIpc) is 2.49. The quantitative estimate of drug-likeness (QED) is 0.551. The van der Waals surface area contributed by atoms with Crippen LogP contribution in [0.2, 0.25) is 0 Å². The van der Waals surface area contributed by atoms with E-state index >= 15 is 0 Å². The highest BCUT2D eigenvalue weighted by Gasteiger charge is 2.14. The molecule has 0 aliphatic carbocycles. The van der Waals surface area contributed by atoms with Crippen LogP contribution in [0.1, 0.15) is 92.3 Å². The van der Waals surface area contributed by atoms with Crippen molar-refractivity contribution in [2.45, 2.75) is 85.0 Å². The molecular weight excluding hydrogens is 270 g/mol. The van der Waals surface area contributed by atoms with Gasteiger partial charge < -0.3 is 5.73 Å². The summed E-state index contributed by atoms with van der Waals surface area (Å²) in [5.41, 5.74) is 10.3. The molecule has 2 heteroatoms. The zero-order chi connectivity index (χ0) is 16.4. The first-order valence-electron chi connectivity index (χ1n) is 9.02. The highest BCUT2D eigenvalue weighted by Crippen LogP contribution is 2.24. The molecule has 0 atom stereocenters. The van der Waals surface area contributed by atoms with Crippen LogP contribution in [0.15, 0.2) is 12.1 Å². The number of primary amides is 1. The maximum Gasteiger partial charge on any atom is 0.248 e. The Labute approximate surface area is 136 Å². The molecule has 2 nitrogen and oxygen atoms in total. The molecule has 0 saturated heterocycles. The van der Waals surface area contributed by atoms with E-state index in [0.29, 0.717) is 0 Å². The van der Waals surface area contributed by atoms with Crippen LogP contribution in [0.3, 0.4) is 0 Å². The van der Waals surface area contributed by atoms with Crippen LogP contribution in [0.5, 0.6) is 0 Å². The number of carbonyl (C=O) groups is 1. The number of nitrogens with two attached hydrogens (primary N) is 1. The van der Waals surface area contributed by atoms with Crippen LogP contribution < -0.4 is 5.73 Å². The minimum absolute atomic E-state index is 0.278. The summed E-state index contributed by atoms with van der Waals surface area (Å²) in [6.45, 7) is 6.62. The Bertz CT molecular complexity index is 465. The van der Waals surface area contributed by atoms with Crippen molar-refractivity contribution in [2.75, 3.05) is 0 Å². The highest BCUT2D eigenvalue weighted by atomic mass is 16.1. The Morgan fingerprint density at radius 1 is 0.864 bits per heavy atom. The Balaban J connectivity index is 2.89. The van der Waals surface area contributed by atoms with Crippen LogP contribution in [0, 0.1) is 6.92 Å². The summed E-state index contributed by atoms with van der Waals surface area (Å²) in [4.78, 5) is 11.8. The number of amides is 1. The molecule has 22 heavy (non-hydrogen) atoms. The molecule has 0 heterocycles. The number of hydrogen-bond donors (Lipinski definition) is 1. The lowest BCUT2D eigenvalue weighted by atomic mass is 9.89. The van der Waals surface area contributed by atoms with Gasteiger partial charge in [-0.15, -0.1) is 0 Å². The standard InChI is InChI=1S/C20H33NO/c1-4-6-8-10-12-17-16(3)14-15-19(20(21)22)18(17)13-11-9-7-5-2/h14-15H,4-13H2,1-3H3,(H2,21,22). The van der Waals surface area contributed by atoms with Crippen LogP contribution in [0.25, 0.3) is 0 Å². The largest absolute Gasteiger partial charge is 0.366 e. The fraction of sp³-hybridized carbons (Fsp3) is 0.650. The van der Waals surface area contributed by atoms with Crippen LogP contribution >= 0.6 is 0 Å². The molecular formula is C20H33NO. The minimum Gasteiger partial charge on any atom is -0.366 e. The molecule has 124 valence electrons. The van der Waals surface area contributed by atoms with Crippen LogP contribution in [-0.4, -0.2) is 5.91 Å². The molecule has 0 saturated carbocycles. The van der Waals surface area contributed by atoms with E-state index in [-0.39, 0.29) is 5.91 Å². The molecule has 0 radical (unpaired) electrons. The molecule has 1 aromatic carbocycles. The normalized spacial score (nSPS) is 10.9. The molecule has 0 aliphatic rings. The number of carbonyl (C=O) groups excluding carboxylic acids is 1. The Morgan fingerprint density at radius 2 is 1.41 bits per heavy atom. The minimum atomic E-state index is -0.278. The van der Waals surface area contributed by atoms with Crippen molar-refractivity contribution in [3.8, 4) is 0 Å². The summed E-state index contributed by atoms with van der Waals surface area (Å²) in [5.74, 6) is -0.278. The van der Waals surface area contributed by atoms with E-state index in [9.17, 15) is 4.79 Å². The van der Waals surface area contributed by atoms with Crippen molar-refractivity contribution in [3.05, 3.63) is 34.4 Å². The van der Waals surface area contributed by atoms with Gasteiger partial charge in [-0.1, -0.05) is 58.4 Å². The maximum absolute atomic E-state index is 11.8. The summed E-state index contributed by atoms with van der Waals surface area (Å²) in [6, 6.07) is 3.98. The lowest BCUT2D eigenvalue weighted by Gasteiger charge is -2.16. The second kappa shape index (κ2) is 10.4. The Hall–Kier alpha value is -1.31. The molecule has 1 rings (SSSR count). The molecule has 1 amide bonds. The number of aryl methyl sites for hydroxylation is 1. The van der Waals surface area contributed by atoms with E-state index in [4.69, 9.17) is 5.73 Å². The van der Waals surface area contributed by atoms with Crippen LogP contribution in [0.4, 0.5) is 0 Å². The first kappa shape index (κ1) is 18.7. The molecule has 0 fully saturated rings. The molecule has 0 unspecified atom stereocenters. The molecule has 0 aliphatic heterocycles. The first-order chi connectivity index (χ1) is 10.6. The van der Waals surface area contributed by atoms with E-state index in [1.54, 1.807) is 0 Å². The maximum atomic E-state index is 11.8. The van der Waals surface area contributed by atoms with E-state index in [1.165, 1.54) is 61.6 Å². The van der Waals surface area contributed by atoms with Gasteiger partial charge in [0.15, 0.2) is 0 Å². The zero-order valence-corrected chi connectivity index (χ0v) is 14.7. The summed E-state index contributed by atoms with van der Waals surface area (Å²) < 4.78 is 0. The summed E-state index contributed by atoms with van der Waals surface area (Å²) in [7, 11) is 0. The van der Waals surface area contributed by atoms with Crippen molar-refractivity contribution < 1.29 is 4.79 Å². The van der Waals surface area contributed by atoms with E-state index in [0.717, 1.165) is 24.8 Å². The first-order valence-corrected chi connectivity index (χ1v) is 9.02. The molecule has 0 aromatic heterocycles. The van der Waals surface area contributed by atoms with Crippen LogP contribution in [-0.2, 0) is 12.8 Å². The van der Waals surface area contributed by atoms with E-state index in [1.807, 2.05) is 6.07 Å². The molecule has 2 N–H and O–H groups in total. The van der Waals surface area contributed by atoms with E-state index < -0.39 is 0 Å². The highest BCUT2D eigenvalue weighted by molar-refractivity contribution is 5.94. The number of benzene rings is 1. The van der Waals surface area contributed by atoms with Gasteiger partial charge in [0.2, 0.25) is 5.91 Å². The predicted molar refractivity (Wildman–Crippen MR) is 95.4 cm³/mol. The second-order valence-electron chi connectivity index (χ2n) is 6.37. The monoisotopic (exact) mass is 303 g/mol. The van der Waals surface area contributed by atoms with Gasteiger partial charge in [0, 0.05) is 5.56 Å². The topological polar surface area (TPSA) is 43.1 Å². The number of rotatable bonds is 11. The van der Waals surface area contributed by atoms with Crippen molar-refractivity contribution in [2.24, 2.45) is 5.73 Å². The number of hydrogen-bond acceptors (Lipinski definition) is 1. The Morgan fingerprint density at radius 3 is 1.91 bits per heavy atom. The van der Waals surface area contributed by atoms with Crippen molar-refractivity contribution >= 4 is 5.91 Å². The number of unbranched alkanes of at least 4 members (excludes halogenated alkanes) is 6. The van der Waals surface area contributed by atoms with Gasteiger partial charge in [0.1, 0.15) is 0 Å². The van der Waals surface area contributed by atoms with Crippen molar-refractivity contribution in [3.63, 3.8) is 0 Å². The van der Waals surface area contributed by atoms with Gasteiger partial charge in [-0.3, -0.25) is 4.79 Å². The fourth-order valence-corrected chi connectivity index (χ4v) is 3.13. The SMILES string of the molecule is CCCCCCc1c(C)ccc(C(N)=O)c1CCCCCC. The predicted octanol–water partition coefficient (Wildman–Crippen LogP) is 5.34. The lowest BCUT2D eigenvalue weighted by Crippen LogP contribution is -2.16. The van der Waals surface area contributed by atoms with Crippen molar-refractivity contribution in [1.29, 1.82) is 0 Å². The van der Waals surface area contributed by atoms with Gasteiger partial charge in [-0.05, 0) is 55.4 Å². The smallest absolute Gasteiger partial charge is 0.248 e. The van der Waals surface area contributed by atoms with Gasteiger partial charge >= 0.3 is 0 Å². The van der Waals surface area contributed by atoms with Crippen molar-refractivity contribution in [1.82, 2.24) is 0 Å². The average molecular weight is 303 g/mol. The second-order valence-corrected chi connectivity index (χ2v) is 6.37. The third kappa shape index (κ3) is 5.82. The molecule has 1 aromatic rings. The lowest BCUT2D eigenvalue weighted by molar-refractivity contribution is 0.0999. The molecule has 0 spiro atoms. The summed E-state index contributed by atoms with van der Waals surface area (Å²) >= 11 is 0. The fourth-order valence-electron chi connectivity index (χ4n) is 3.13. The molecule has 0 bridgehead atoms. The van der Waals surface area contributed by atoms with Gasteiger partial charge in [0.05, 0.1) is 0 Å². The van der Waals surface area contributed by atoms with Gasteiger partial charge in [-0.2, -0.15) is 0 Å². The zero-order valence-electron chi connectivity index (χ0n) is 14.7. The summed E-state index contributed by atoms with van der Waals surface area (Å²) in [5, 5.41) is 0. The third-order valence-electron chi connectivity index (χ3n) is 4.49. The Kier molecular flexibility index (Phi) is 8.88.